The fourth-order valence-corrected chi connectivity index (χ4v) is 2.61. The topological polar surface area (TPSA) is 93.2 Å². The summed E-state index contributed by atoms with van der Waals surface area (Å²) >= 11 is 0. The lowest BCUT2D eigenvalue weighted by Crippen LogP contribution is -2.15. The molecule has 142 valence electrons. The number of hydrogen-bond acceptors (Lipinski definition) is 6. The summed E-state index contributed by atoms with van der Waals surface area (Å²) in [6, 6.07) is 18.0. The second-order valence-corrected chi connectivity index (χ2v) is 6.09. The van der Waals surface area contributed by atoms with E-state index >= 15 is 0 Å². The van der Waals surface area contributed by atoms with E-state index in [4.69, 9.17) is 0 Å². The molecule has 7 heteroatoms. The summed E-state index contributed by atoms with van der Waals surface area (Å²) in [4.78, 5) is 32.2. The predicted octanol–water partition coefficient (Wildman–Crippen LogP) is 3.69. The molecule has 0 aliphatic heterocycles. The number of methoxy groups -OCH3 is 1. The number of benzene rings is 2. The second-order valence-electron chi connectivity index (χ2n) is 6.09. The highest BCUT2D eigenvalue weighted by Crippen LogP contribution is 2.18. The Kier molecular flexibility index (Phi) is 5.96. The van der Waals surface area contributed by atoms with Gasteiger partial charge in [0.25, 0.3) is 5.91 Å². The van der Waals surface area contributed by atoms with Crippen molar-refractivity contribution in [1.29, 1.82) is 0 Å². The van der Waals surface area contributed by atoms with E-state index in [1.807, 2.05) is 37.3 Å². The number of nitrogens with zero attached hydrogens (tertiary/aromatic N) is 2. The van der Waals surface area contributed by atoms with Crippen molar-refractivity contribution < 1.29 is 14.3 Å². The molecule has 3 rings (SSSR count). The van der Waals surface area contributed by atoms with E-state index in [0.717, 1.165) is 5.56 Å². The minimum absolute atomic E-state index is 0.0258. The number of carbonyl (C=O) groups is 2. The highest BCUT2D eigenvalue weighted by atomic mass is 16.5. The summed E-state index contributed by atoms with van der Waals surface area (Å²) in [6.45, 7) is 2.01. The summed E-state index contributed by atoms with van der Waals surface area (Å²) in [5.74, 6) is -0.252. The average molecular weight is 376 g/mol. The first kappa shape index (κ1) is 19.0. The Balaban J connectivity index is 1.67. The Morgan fingerprint density at radius 3 is 2.39 bits per heavy atom. The highest BCUT2D eigenvalue weighted by Gasteiger charge is 2.12. The van der Waals surface area contributed by atoms with Gasteiger partial charge in [-0.1, -0.05) is 30.3 Å². The molecule has 0 aliphatic rings. The van der Waals surface area contributed by atoms with Gasteiger partial charge < -0.3 is 15.4 Å². The summed E-state index contributed by atoms with van der Waals surface area (Å²) in [6.07, 6.45) is 1.34. The van der Waals surface area contributed by atoms with Crippen LogP contribution < -0.4 is 10.6 Å². The molecule has 1 aromatic heterocycles. The third-order valence-electron chi connectivity index (χ3n) is 4.13. The van der Waals surface area contributed by atoms with E-state index in [0.29, 0.717) is 17.1 Å². The fourth-order valence-electron chi connectivity index (χ4n) is 2.61. The summed E-state index contributed by atoms with van der Waals surface area (Å²) < 4.78 is 4.65. The minimum atomic E-state index is -0.433. The van der Waals surface area contributed by atoms with Gasteiger partial charge in [-0.3, -0.25) is 4.79 Å². The molecule has 0 spiro atoms. The number of hydrogen-bond donors (Lipinski definition) is 2. The molecule has 1 amide bonds. The first-order valence-electron chi connectivity index (χ1n) is 8.70. The number of carbonyl (C=O) groups excluding carboxylic acids is 2. The second kappa shape index (κ2) is 8.77. The molecule has 1 atom stereocenters. The number of aromatic nitrogens is 2. The monoisotopic (exact) mass is 376 g/mol. The van der Waals surface area contributed by atoms with Crippen molar-refractivity contribution in [2.75, 3.05) is 17.7 Å². The molecule has 0 bridgehead atoms. The van der Waals surface area contributed by atoms with Crippen LogP contribution in [0.4, 0.5) is 11.5 Å². The molecule has 0 radical (unpaired) electrons. The van der Waals surface area contributed by atoms with Gasteiger partial charge in [0.2, 0.25) is 0 Å². The molecule has 1 unspecified atom stereocenters. The lowest BCUT2D eigenvalue weighted by atomic mass is 10.1. The van der Waals surface area contributed by atoms with Crippen LogP contribution in [0, 0.1) is 0 Å². The zero-order valence-corrected chi connectivity index (χ0v) is 15.5. The molecule has 0 saturated carbocycles. The SMILES string of the molecule is COC(=O)c1ccc(NC(=O)c2cc(NC(C)c3ccccc3)ncn2)cc1. The third-order valence-corrected chi connectivity index (χ3v) is 4.13. The summed E-state index contributed by atoms with van der Waals surface area (Å²) in [7, 11) is 1.32. The van der Waals surface area contributed by atoms with Crippen LogP contribution in [0.25, 0.3) is 0 Å². The Bertz CT molecular complexity index is 959. The van der Waals surface area contributed by atoms with Crippen molar-refractivity contribution in [2.24, 2.45) is 0 Å². The molecule has 3 aromatic rings. The van der Waals surface area contributed by atoms with Crippen molar-refractivity contribution in [3.8, 4) is 0 Å². The van der Waals surface area contributed by atoms with Crippen LogP contribution in [0.2, 0.25) is 0 Å². The van der Waals surface area contributed by atoms with E-state index < -0.39 is 5.97 Å². The molecule has 7 nitrogen and oxygen atoms in total. The number of amides is 1. The maximum Gasteiger partial charge on any atom is 0.337 e. The van der Waals surface area contributed by atoms with E-state index in [-0.39, 0.29) is 17.6 Å². The van der Waals surface area contributed by atoms with Gasteiger partial charge in [0.15, 0.2) is 0 Å². The largest absolute Gasteiger partial charge is 0.465 e. The smallest absolute Gasteiger partial charge is 0.337 e. The van der Waals surface area contributed by atoms with Crippen molar-refractivity contribution in [3.05, 3.63) is 83.8 Å². The normalized spacial score (nSPS) is 11.4. The van der Waals surface area contributed by atoms with Gasteiger partial charge in [-0.05, 0) is 36.8 Å². The number of ether oxygens (including phenoxy) is 1. The Hall–Kier alpha value is -3.74. The number of rotatable bonds is 6. The predicted molar refractivity (Wildman–Crippen MR) is 106 cm³/mol. The Morgan fingerprint density at radius 1 is 1.00 bits per heavy atom. The molecular weight excluding hydrogens is 356 g/mol. The molecule has 0 aliphatic carbocycles. The molecule has 2 aromatic carbocycles. The van der Waals surface area contributed by atoms with Gasteiger partial charge in [0, 0.05) is 17.8 Å². The zero-order chi connectivity index (χ0) is 19.9. The van der Waals surface area contributed by atoms with E-state index in [2.05, 4.69) is 25.3 Å². The zero-order valence-electron chi connectivity index (χ0n) is 15.5. The van der Waals surface area contributed by atoms with Crippen LogP contribution in [0.15, 0.2) is 67.0 Å². The van der Waals surface area contributed by atoms with Crippen molar-refractivity contribution in [1.82, 2.24) is 9.97 Å². The maximum absolute atomic E-state index is 12.5. The number of nitrogens with one attached hydrogen (secondary N) is 2. The quantitative estimate of drug-likeness (QED) is 0.638. The van der Waals surface area contributed by atoms with E-state index in [1.165, 1.54) is 13.4 Å². The first-order valence-corrected chi connectivity index (χ1v) is 8.70. The maximum atomic E-state index is 12.5. The summed E-state index contributed by atoms with van der Waals surface area (Å²) in [5.41, 5.74) is 2.29. The van der Waals surface area contributed by atoms with Crippen LogP contribution in [0.5, 0.6) is 0 Å². The van der Waals surface area contributed by atoms with Crippen molar-refractivity contribution in [2.45, 2.75) is 13.0 Å². The van der Waals surface area contributed by atoms with Crippen molar-refractivity contribution in [3.63, 3.8) is 0 Å². The number of anilines is 2. The van der Waals surface area contributed by atoms with Crippen LogP contribution >= 0.6 is 0 Å². The van der Waals surface area contributed by atoms with Gasteiger partial charge in [0.1, 0.15) is 17.8 Å². The van der Waals surface area contributed by atoms with Gasteiger partial charge >= 0.3 is 5.97 Å². The van der Waals surface area contributed by atoms with Crippen LogP contribution in [-0.4, -0.2) is 29.0 Å². The molecule has 28 heavy (non-hydrogen) atoms. The average Bonchev–Trinajstić information content (AvgIpc) is 2.74. The van der Waals surface area contributed by atoms with Crippen molar-refractivity contribution >= 4 is 23.4 Å². The molecule has 2 N–H and O–H groups in total. The van der Waals surface area contributed by atoms with Crippen LogP contribution in [-0.2, 0) is 4.74 Å². The van der Waals surface area contributed by atoms with E-state index in [1.54, 1.807) is 30.3 Å². The number of esters is 1. The van der Waals surface area contributed by atoms with Gasteiger partial charge in [-0.2, -0.15) is 0 Å². The van der Waals surface area contributed by atoms with Gasteiger partial charge in [-0.25, -0.2) is 14.8 Å². The molecule has 0 fully saturated rings. The van der Waals surface area contributed by atoms with Crippen LogP contribution in [0.3, 0.4) is 0 Å². The Labute approximate surface area is 162 Å². The molecule has 0 saturated heterocycles. The lowest BCUT2D eigenvalue weighted by Gasteiger charge is -2.15. The Morgan fingerprint density at radius 2 is 1.71 bits per heavy atom. The third kappa shape index (κ3) is 4.70. The standard InChI is InChI=1S/C21H20N4O3/c1-14(15-6-4-3-5-7-15)24-19-12-18(22-13-23-19)20(26)25-17-10-8-16(9-11-17)21(27)28-2/h3-14H,1-2H3,(H,25,26)(H,22,23,24). The highest BCUT2D eigenvalue weighted by molar-refractivity contribution is 6.03. The van der Waals surface area contributed by atoms with Crippen LogP contribution in [0.1, 0.15) is 39.4 Å². The summed E-state index contributed by atoms with van der Waals surface area (Å²) in [5, 5.41) is 6.01. The first-order chi connectivity index (χ1) is 13.6. The molecular formula is C21H20N4O3. The van der Waals surface area contributed by atoms with E-state index in [9.17, 15) is 9.59 Å². The molecule has 1 heterocycles. The fraction of sp³-hybridized carbons (Fsp3) is 0.143. The van der Waals surface area contributed by atoms with Gasteiger partial charge in [-0.15, -0.1) is 0 Å². The minimum Gasteiger partial charge on any atom is -0.465 e. The van der Waals surface area contributed by atoms with Gasteiger partial charge in [0.05, 0.1) is 12.7 Å². The lowest BCUT2D eigenvalue weighted by molar-refractivity contribution is 0.0600.